The van der Waals surface area contributed by atoms with Gasteiger partial charge >= 0.3 is 11.9 Å². The highest BCUT2D eigenvalue weighted by molar-refractivity contribution is 5.88. The summed E-state index contributed by atoms with van der Waals surface area (Å²) in [6.45, 7) is 9.81. The standard InChI is InChI=1S/C19H26O4/c1-6-22-18(20)13-12-15(3)10-8-9-11-16(4)14-17(5)19(21)23-7-2/h8-14H,6-7H2,1-5H3. The molecule has 0 saturated carbocycles. The maximum atomic E-state index is 11.5. The Hall–Kier alpha value is -2.36. The van der Waals surface area contributed by atoms with Gasteiger partial charge in [0.05, 0.1) is 13.2 Å². The van der Waals surface area contributed by atoms with Crippen LogP contribution in [0, 0.1) is 0 Å². The maximum Gasteiger partial charge on any atom is 0.333 e. The average Bonchev–Trinajstić information content (AvgIpc) is 2.50. The van der Waals surface area contributed by atoms with Crippen molar-refractivity contribution in [3.05, 3.63) is 59.3 Å². The van der Waals surface area contributed by atoms with Gasteiger partial charge in [-0.2, -0.15) is 0 Å². The molecule has 0 fully saturated rings. The van der Waals surface area contributed by atoms with Gasteiger partial charge in [-0.15, -0.1) is 0 Å². The van der Waals surface area contributed by atoms with Crippen molar-refractivity contribution < 1.29 is 19.1 Å². The number of carbonyl (C=O) groups is 2. The molecule has 0 N–H and O–H groups in total. The predicted molar refractivity (Wildman–Crippen MR) is 92.8 cm³/mol. The topological polar surface area (TPSA) is 52.6 Å². The smallest absolute Gasteiger partial charge is 0.333 e. The average molecular weight is 318 g/mol. The molecule has 0 spiro atoms. The Labute approximate surface area is 138 Å². The van der Waals surface area contributed by atoms with Gasteiger partial charge in [0, 0.05) is 11.6 Å². The minimum Gasteiger partial charge on any atom is -0.463 e. The van der Waals surface area contributed by atoms with Gasteiger partial charge in [-0.05, 0) is 40.7 Å². The molecule has 0 aromatic rings. The highest BCUT2D eigenvalue weighted by Gasteiger charge is 2.03. The molecule has 0 aliphatic rings. The predicted octanol–water partition coefficient (Wildman–Crippen LogP) is 4.06. The Balaban J connectivity index is 4.61. The summed E-state index contributed by atoms with van der Waals surface area (Å²) in [6.07, 6.45) is 12.4. The van der Waals surface area contributed by atoms with E-state index in [1.165, 1.54) is 6.08 Å². The Kier molecular flexibility index (Phi) is 11.0. The van der Waals surface area contributed by atoms with E-state index in [4.69, 9.17) is 9.47 Å². The summed E-state index contributed by atoms with van der Waals surface area (Å²) in [6, 6.07) is 0. The first-order valence-corrected chi connectivity index (χ1v) is 7.62. The molecule has 23 heavy (non-hydrogen) atoms. The van der Waals surface area contributed by atoms with Gasteiger partial charge in [-0.1, -0.05) is 41.5 Å². The second kappa shape index (κ2) is 12.2. The number of esters is 2. The number of carbonyl (C=O) groups excluding carboxylic acids is 2. The fourth-order valence-electron chi connectivity index (χ4n) is 1.55. The molecule has 0 aromatic heterocycles. The molecule has 0 heterocycles. The molecule has 126 valence electrons. The highest BCUT2D eigenvalue weighted by atomic mass is 16.5. The van der Waals surface area contributed by atoms with Gasteiger partial charge in [0.2, 0.25) is 0 Å². The molecule has 0 saturated heterocycles. The van der Waals surface area contributed by atoms with Crippen LogP contribution in [0.25, 0.3) is 0 Å². The molecule has 4 nitrogen and oxygen atoms in total. The maximum absolute atomic E-state index is 11.5. The van der Waals surface area contributed by atoms with E-state index in [1.54, 1.807) is 32.9 Å². The third kappa shape index (κ3) is 10.9. The van der Waals surface area contributed by atoms with Gasteiger partial charge in [-0.3, -0.25) is 0 Å². The van der Waals surface area contributed by atoms with Crippen molar-refractivity contribution in [1.82, 2.24) is 0 Å². The van der Waals surface area contributed by atoms with Crippen LogP contribution < -0.4 is 0 Å². The number of hydrogen-bond acceptors (Lipinski definition) is 4. The second-order valence-corrected chi connectivity index (χ2v) is 4.84. The monoisotopic (exact) mass is 318 g/mol. The van der Waals surface area contributed by atoms with E-state index in [0.717, 1.165) is 11.1 Å². The van der Waals surface area contributed by atoms with E-state index < -0.39 is 0 Å². The van der Waals surface area contributed by atoms with Gasteiger partial charge in [0.25, 0.3) is 0 Å². The van der Waals surface area contributed by atoms with E-state index >= 15 is 0 Å². The zero-order valence-electron chi connectivity index (χ0n) is 14.6. The lowest BCUT2D eigenvalue weighted by Crippen LogP contribution is -2.04. The molecule has 0 unspecified atom stereocenters. The summed E-state index contributed by atoms with van der Waals surface area (Å²) < 4.78 is 9.72. The first kappa shape index (κ1) is 20.6. The zero-order chi connectivity index (χ0) is 17.7. The molecule has 0 rings (SSSR count). The van der Waals surface area contributed by atoms with Crippen molar-refractivity contribution >= 4 is 11.9 Å². The van der Waals surface area contributed by atoms with E-state index in [1.807, 2.05) is 38.2 Å². The highest BCUT2D eigenvalue weighted by Crippen LogP contribution is 2.04. The number of allylic oxidation sites excluding steroid dienone is 8. The molecule has 4 heteroatoms. The molecule has 0 aliphatic heterocycles. The van der Waals surface area contributed by atoms with E-state index in [9.17, 15) is 9.59 Å². The lowest BCUT2D eigenvalue weighted by Gasteiger charge is -2.01. The largest absolute Gasteiger partial charge is 0.463 e. The van der Waals surface area contributed by atoms with E-state index in [0.29, 0.717) is 18.8 Å². The lowest BCUT2D eigenvalue weighted by molar-refractivity contribution is -0.138. The number of ether oxygens (including phenoxy) is 2. The molecule has 0 amide bonds. The minimum atomic E-state index is -0.348. The van der Waals surface area contributed by atoms with Crippen LogP contribution in [-0.2, 0) is 19.1 Å². The third-order valence-electron chi connectivity index (χ3n) is 2.64. The zero-order valence-corrected chi connectivity index (χ0v) is 14.6. The van der Waals surface area contributed by atoms with Crippen molar-refractivity contribution in [2.75, 3.05) is 13.2 Å². The second-order valence-electron chi connectivity index (χ2n) is 4.84. The molecule has 0 bridgehead atoms. The summed E-state index contributed by atoms with van der Waals surface area (Å²) in [4.78, 5) is 22.6. The van der Waals surface area contributed by atoms with Gasteiger partial charge in [0.1, 0.15) is 0 Å². The third-order valence-corrected chi connectivity index (χ3v) is 2.64. The van der Waals surface area contributed by atoms with Crippen molar-refractivity contribution in [2.45, 2.75) is 34.6 Å². The molecular weight excluding hydrogens is 292 g/mol. The molecule has 0 atom stereocenters. The summed E-state index contributed by atoms with van der Waals surface area (Å²) in [5.41, 5.74) is 2.44. The molecule has 0 aliphatic carbocycles. The van der Waals surface area contributed by atoms with Crippen LogP contribution >= 0.6 is 0 Å². The van der Waals surface area contributed by atoms with Crippen LogP contribution in [-0.4, -0.2) is 25.2 Å². The van der Waals surface area contributed by atoms with E-state index in [-0.39, 0.29) is 11.9 Å². The summed E-state index contributed by atoms with van der Waals surface area (Å²) in [5.74, 6) is -0.649. The Bertz CT molecular complexity index is 546. The van der Waals surface area contributed by atoms with Crippen molar-refractivity contribution in [2.24, 2.45) is 0 Å². The molecular formula is C19H26O4. The SMILES string of the molecule is CCOC(=O)C=CC(C)=CC=CC=C(C)C=C(C)C(=O)OCC. The van der Waals surface area contributed by atoms with Crippen LogP contribution in [0.2, 0.25) is 0 Å². The van der Waals surface area contributed by atoms with Crippen LogP contribution in [0.3, 0.4) is 0 Å². The number of rotatable bonds is 8. The fourth-order valence-corrected chi connectivity index (χ4v) is 1.55. The molecule has 0 radical (unpaired) electrons. The summed E-state index contributed by atoms with van der Waals surface area (Å²) in [5, 5.41) is 0. The van der Waals surface area contributed by atoms with Crippen LogP contribution in [0.4, 0.5) is 0 Å². The number of hydrogen-bond donors (Lipinski definition) is 0. The normalized spacial score (nSPS) is 13.7. The van der Waals surface area contributed by atoms with Crippen LogP contribution in [0.1, 0.15) is 34.6 Å². The first-order chi connectivity index (χ1) is 10.9. The quantitative estimate of drug-likeness (QED) is 0.385. The Morgan fingerprint density at radius 3 is 1.96 bits per heavy atom. The Morgan fingerprint density at radius 2 is 1.39 bits per heavy atom. The summed E-state index contributed by atoms with van der Waals surface area (Å²) in [7, 11) is 0. The van der Waals surface area contributed by atoms with Crippen molar-refractivity contribution in [3.8, 4) is 0 Å². The van der Waals surface area contributed by atoms with Gasteiger partial charge in [0.15, 0.2) is 0 Å². The van der Waals surface area contributed by atoms with E-state index in [2.05, 4.69) is 0 Å². The van der Waals surface area contributed by atoms with Crippen molar-refractivity contribution in [1.29, 1.82) is 0 Å². The van der Waals surface area contributed by atoms with Crippen LogP contribution in [0.15, 0.2) is 59.3 Å². The van der Waals surface area contributed by atoms with Crippen LogP contribution in [0.5, 0.6) is 0 Å². The lowest BCUT2D eigenvalue weighted by atomic mass is 10.1. The molecule has 0 aromatic carbocycles. The first-order valence-electron chi connectivity index (χ1n) is 7.62. The fraction of sp³-hybridized carbons (Fsp3) is 0.368. The Morgan fingerprint density at radius 1 is 0.826 bits per heavy atom. The minimum absolute atomic E-state index is 0.302. The summed E-state index contributed by atoms with van der Waals surface area (Å²) >= 11 is 0. The van der Waals surface area contributed by atoms with Gasteiger partial charge < -0.3 is 9.47 Å². The van der Waals surface area contributed by atoms with Crippen molar-refractivity contribution in [3.63, 3.8) is 0 Å². The van der Waals surface area contributed by atoms with Gasteiger partial charge in [-0.25, -0.2) is 9.59 Å².